The Balaban J connectivity index is 5.08. The third-order valence-electron chi connectivity index (χ3n) is 2.38. The van der Waals surface area contributed by atoms with Crippen molar-refractivity contribution in [2.45, 2.75) is 38.8 Å². The summed E-state index contributed by atoms with van der Waals surface area (Å²) in [6.45, 7) is 4.87. The van der Waals surface area contributed by atoms with Gasteiger partial charge in [0.25, 0.3) is 0 Å². The van der Waals surface area contributed by atoms with Gasteiger partial charge in [-0.2, -0.15) is 0 Å². The molecule has 0 radical (unpaired) electrons. The molecule has 0 aromatic heterocycles. The predicted octanol–water partition coefficient (Wildman–Crippen LogP) is 1.29. The molecule has 0 unspecified atom stereocenters. The molecular formula is C8H17O5P. The van der Waals surface area contributed by atoms with Gasteiger partial charge in [0.05, 0.1) is 6.61 Å². The zero-order valence-corrected chi connectivity index (χ0v) is 9.58. The summed E-state index contributed by atoms with van der Waals surface area (Å²) < 4.78 is 15.9. The van der Waals surface area contributed by atoms with Crippen molar-refractivity contribution in [3.8, 4) is 0 Å². The first-order valence-electron chi connectivity index (χ1n) is 4.58. The molecule has 0 atom stereocenters. The lowest BCUT2D eigenvalue weighted by atomic mass is 10.0. The summed E-state index contributed by atoms with van der Waals surface area (Å²) in [5, 5.41) is -1.66. The lowest BCUT2D eigenvalue weighted by Crippen LogP contribution is -2.38. The van der Waals surface area contributed by atoms with E-state index in [9.17, 15) is 9.36 Å². The van der Waals surface area contributed by atoms with E-state index in [4.69, 9.17) is 9.79 Å². The molecule has 0 aromatic rings. The van der Waals surface area contributed by atoms with Gasteiger partial charge in [-0.1, -0.05) is 13.8 Å². The van der Waals surface area contributed by atoms with Gasteiger partial charge in [-0.15, -0.1) is 0 Å². The number of carbonyl (C=O) groups is 1. The molecule has 6 heteroatoms. The number of esters is 1. The molecule has 2 N–H and O–H groups in total. The molecule has 0 saturated carbocycles. The number of ether oxygens (including phenoxy) is 1. The maximum Gasteiger partial charge on any atom is 0.342 e. The zero-order valence-electron chi connectivity index (χ0n) is 8.69. The summed E-state index contributed by atoms with van der Waals surface area (Å²) >= 11 is 0. The highest BCUT2D eigenvalue weighted by Gasteiger charge is 2.51. The minimum absolute atomic E-state index is 0.0760. The molecule has 5 nitrogen and oxygen atoms in total. The van der Waals surface area contributed by atoms with Crippen molar-refractivity contribution < 1.29 is 23.9 Å². The van der Waals surface area contributed by atoms with Crippen LogP contribution in [0.5, 0.6) is 0 Å². The van der Waals surface area contributed by atoms with Crippen LogP contribution >= 0.6 is 7.60 Å². The fraction of sp³-hybridized carbons (Fsp3) is 0.875. The van der Waals surface area contributed by atoms with Crippen LogP contribution in [0.15, 0.2) is 0 Å². The summed E-state index contributed by atoms with van der Waals surface area (Å²) in [6, 6.07) is 0. The van der Waals surface area contributed by atoms with Crippen molar-refractivity contribution in [3.63, 3.8) is 0 Å². The standard InChI is InChI=1S/C8H17O5P/c1-4-8(5-2,14(10,11)12)7(9)13-6-3/h4-6H2,1-3H3,(H2,10,11,12). The lowest BCUT2D eigenvalue weighted by molar-refractivity contribution is -0.147. The molecule has 0 rings (SSSR count). The van der Waals surface area contributed by atoms with Crippen molar-refractivity contribution in [3.05, 3.63) is 0 Å². The fourth-order valence-corrected chi connectivity index (χ4v) is 2.46. The molecule has 0 saturated heterocycles. The quantitative estimate of drug-likeness (QED) is 0.543. The van der Waals surface area contributed by atoms with Gasteiger partial charge in [0.15, 0.2) is 5.16 Å². The van der Waals surface area contributed by atoms with Crippen molar-refractivity contribution in [2.75, 3.05) is 6.61 Å². The van der Waals surface area contributed by atoms with Crippen LogP contribution in [0.25, 0.3) is 0 Å². The van der Waals surface area contributed by atoms with E-state index < -0.39 is 18.7 Å². The van der Waals surface area contributed by atoms with Crippen molar-refractivity contribution in [2.24, 2.45) is 0 Å². The first-order chi connectivity index (χ1) is 6.35. The van der Waals surface area contributed by atoms with Gasteiger partial charge in [-0.25, -0.2) is 0 Å². The summed E-state index contributed by atoms with van der Waals surface area (Å²) in [4.78, 5) is 29.7. The number of carbonyl (C=O) groups excluding carboxylic acids is 1. The summed E-state index contributed by atoms with van der Waals surface area (Å²) in [5.74, 6) is -0.807. The Labute approximate surface area is 83.6 Å². The number of hydrogen-bond acceptors (Lipinski definition) is 3. The Morgan fingerprint density at radius 2 is 1.71 bits per heavy atom. The molecule has 0 aliphatic rings. The third-order valence-corrected chi connectivity index (χ3v) is 4.31. The van der Waals surface area contributed by atoms with Gasteiger partial charge >= 0.3 is 13.6 Å². The van der Waals surface area contributed by atoms with Crippen LogP contribution in [0.2, 0.25) is 0 Å². The molecule has 14 heavy (non-hydrogen) atoms. The minimum atomic E-state index is -4.47. The second kappa shape index (κ2) is 4.91. The molecule has 84 valence electrons. The van der Waals surface area contributed by atoms with Crippen LogP contribution in [0.3, 0.4) is 0 Å². The van der Waals surface area contributed by atoms with Gasteiger partial charge in [-0.05, 0) is 19.8 Å². The van der Waals surface area contributed by atoms with Gasteiger partial charge in [0.2, 0.25) is 0 Å². The van der Waals surface area contributed by atoms with Crippen molar-refractivity contribution in [1.82, 2.24) is 0 Å². The molecular weight excluding hydrogens is 207 g/mol. The van der Waals surface area contributed by atoms with Gasteiger partial charge in [0.1, 0.15) is 0 Å². The van der Waals surface area contributed by atoms with Crippen molar-refractivity contribution >= 4 is 13.6 Å². The van der Waals surface area contributed by atoms with E-state index in [0.29, 0.717) is 0 Å². The Morgan fingerprint density at radius 3 is 1.93 bits per heavy atom. The first kappa shape index (κ1) is 13.6. The molecule has 0 aliphatic carbocycles. The Bertz CT molecular complexity index is 240. The first-order valence-corrected chi connectivity index (χ1v) is 6.19. The zero-order chi connectivity index (χ0) is 11.4. The van der Waals surface area contributed by atoms with Crippen LogP contribution in [0.1, 0.15) is 33.6 Å². The predicted molar refractivity (Wildman–Crippen MR) is 52.0 cm³/mol. The van der Waals surface area contributed by atoms with Crippen LogP contribution in [0, 0.1) is 0 Å². The van der Waals surface area contributed by atoms with Crippen LogP contribution in [-0.2, 0) is 14.1 Å². The number of hydrogen-bond donors (Lipinski definition) is 2. The van der Waals surface area contributed by atoms with E-state index in [2.05, 4.69) is 4.74 Å². The average Bonchev–Trinajstić information content (AvgIpc) is 2.05. The maximum absolute atomic E-state index is 11.5. The normalized spacial score (nSPS) is 12.6. The maximum atomic E-state index is 11.5. The Morgan fingerprint density at radius 1 is 1.29 bits per heavy atom. The van der Waals surface area contributed by atoms with Gasteiger partial charge in [-0.3, -0.25) is 9.36 Å². The van der Waals surface area contributed by atoms with Crippen molar-refractivity contribution in [1.29, 1.82) is 0 Å². The summed E-state index contributed by atoms with van der Waals surface area (Å²) in [5.41, 5.74) is 0. The topological polar surface area (TPSA) is 83.8 Å². The molecule has 0 fully saturated rings. The number of rotatable bonds is 5. The molecule has 0 heterocycles. The Hall–Kier alpha value is -0.380. The highest BCUT2D eigenvalue weighted by Crippen LogP contribution is 2.55. The van der Waals surface area contributed by atoms with Crippen LogP contribution in [0.4, 0.5) is 0 Å². The second-order valence-corrected chi connectivity index (χ2v) is 4.95. The van der Waals surface area contributed by atoms with E-state index >= 15 is 0 Å². The summed E-state index contributed by atoms with van der Waals surface area (Å²) in [6.07, 6.45) is 0.152. The smallest absolute Gasteiger partial charge is 0.342 e. The molecule has 0 spiro atoms. The highest BCUT2D eigenvalue weighted by molar-refractivity contribution is 7.54. The molecule has 0 aromatic carbocycles. The van der Waals surface area contributed by atoms with E-state index in [1.807, 2.05) is 0 Å². The van der Waals surface area contributed by atoms with E-state index in [-0.39, 0.29) is 19.4 Å². The minimum Gasteiger partial charge on any atom is -0.465 e. The highest BCUT2D eigenvalue weighted by atomic mass is 31.2. The molecule has 0 aliphatic heterocycles. The fourth-order valence-electron chi connectivity index (χ4n) is 1.33. The van der Waals surface area contributed by atoms with E-state index in [1.54, 1.807) is 20.8 Å². The van der Waals surface area contributed by atoms with Crippen LogP contribution in [-0.4, -0.2) is 27.5 Å². The monoisotopic (exact) mass is 224 g/mol. The summed E-state index contributed by atoms with van der Waals surface area (Å²) in [7, 11) is -4.47. The Kier molecular flexibility index (Phi) is 4.78. The largest absolute Gasteiger partial charge is 0.465 e. The van der Waals surface area contributed by atoms with E-state index in [0.717, 1.165) is 0 Å². The molecule has 0 bridgehead atoms. The van der Waals surface area contributed by atoms with Gasteiger partial charge in [0, 0.05) is 0 Å². The van der Waals surface area contributed by atoms with Gasteiger partial charge < -0.3 is 14.5 Å². The molecule has 0 amide bonds. The third kappa shape index (κ3) is 2.35. The second-order valence-electron chi connectivity index (χ2n) is 3.00. The SMILES string of the molecule is CCOC(=O)C(CC)(CC)P(=O)(O)O. The average molecular weight is 224 g/mol. The van der Waals surface area contributed by atoms with E-state index in [1.165, 1.54) is 0 Å². The van der Waals surface area contributed by atoms with Crippen LogP contribution < -0.4 is 0 Å². The lowest BCUT2D eigenvalue weighted by Gasteiger charge is -2.29.